The monoisotopic (exact) mass is 486 g/mol. The first kappa shape index (κ1) is 38.5. The van der Waals surface area contributed by atoms with E-state index in [9.17, 15) is 4.80 Å². The van der Waals surface area contributed by atoms with E-state index in [-0.39, 0.29) is 26.2 Å². The number of rotatable bonds is 12. The van der Waals surface area contributed by atoms with Crippen LogP contribution in [0.1, 0.15) is 99.3 Å². The maximum atomic E-state index is 10.2. The van der Waals surface area contributed by atoms with E-state index in [0.717, 1.165) is 75.9 Å². The number of hydrogen-bond donors (Lipinski definition) is 4. The molecule has 0 aromatic carbocycles. The molecule has 0 saturated carbocycles. The van der Waals surface area contributed by atoms with E-state index in [4.69, 9.17) is 15.3 Å². The van der Waals surface area contributed by atoms with Crippen molar-refractivity contribution in [1.29, 1.82) is 0 Å². The molecule has 0 aliphatic heterocycles. The summed E-state index contributed by atoms with van der Waals surface area (Å²) in [6.07, 6.45) is 9.58. The Kier molecular flexibility index (Phi) is 53.7. The van der Waals surface area contributed by atoms with Crippen LogP contribution in [0.4, 0.5) is 0 Å². The van der Waals surface area contributed by atoms with Crippen molar-refractivity contribution in [2.45, 2.75) is 117 Å². The average molecular weight is 488 g/mol. The fraction of sp³-hybridized carbons (Fsp3) is 1.00. The van der Waals surface area contributed by atoms with Gasteiger partial charge in [0.25, 0.3) is 0 Å². The molecule has 0 spiro atoms. The maximum Gasteiger partial charge on any atom is 0.188 e. The van der Waals surface area contributed by atoms with Crippen molar-refractivity contribution >= 4 is 8.32 Å². The van der Waals surface area contributed by atoms with Crippen LogP contribution >= 0.6 is 0 Å². The van der Waals surface area contributed by atoms with Gasteiger partial charge in [-0.25, -0.2) is 0 Å². The number of hydrogen-bond acceptors (Lipinski definition) is 4. The van der Waals surface area contributed by atoms with Crippen LogP contribution in [0.25, 0.3) is 0 Å². The van der Waals surface area contributed by atoms with Gasteiger partial charge in [-0.15, -0.1) is 0 Å². The van der Waals surface area contributed by atoms with Gasteiger partial charge in [0.2, 0.25) is 0 Å². The molecule has 4 N–H and O–H groups in total. The topological polar surface area (TPSA) is 80.9 Å². The molecular formula is C21H52O4SiZr. The van der Waals surface area contributed by atoms with Gasteiger partial charge >= 0.3 is 0 Å². The van der Waals surface area contributed by atoms with Crippen molar-refractivity contribution < 1.29 is 46.3 Å². The third-order valence-corrected chi connectivity index (χ3v) is 7.97. The molecule has 0 aromatic heterocycles. The Labute approximate surface area is 191 Å². The standard InChI is InChI=1S/C9H22OSi.3C4H10O.Zr/c1-4-7-11(10,8-5-2)9-6-3;3*1-2-3-4-5;/h10H,4-9H2,1-3H3;3*5H,2-4H2,1H3;. The Morgan fingerprint density at radius 2 is 0.704 bits per heavy atom. The van der Waals surface area contributed by atoms with Crippen molar-refractivity contribution in [3.05, 3.63) is 0 Å². The van der Waals surface area contributed by atoms with Gasteiger partial charge in [0.05, 0.1) is 0 Å². The van der Waals surface area contributed by atoms with Gasteiger partial charge in [0, 0.05) is 46.0 Å². The predicted octanol–water partition coefficient (Wildman–Crippen LogP) is 5.49. The molecule has 0 aromatic rings. The number of aliphatic hydroxyl groups excluding tert-OH is 3. The van der Waals surface area contributed by atoms with E-state index in [1.165, 1.54) is 0 Å². The SMILES string of the molecule is CCCCO.CCCCO.CCCCO.CCC[Si](O)(CCC)CCC.[Zr]. The largest absolute Gasteiger partial charge is 0.432 e. The molecular weight excluding hydrogens is 436 g/mol. The normalized spacial score (nSPS) is 9.56. The molecule has 168 valence electrons. The van der Waals surface area contributed by atoms with Crippen LogP contribution in [0.15, 0.2) is 0 Å². The van der Waals surface area contributed by atoms with Gasteiger partial charge < -0.3 is 20.1 Å². The molecule has 0 saturated heterocycles. The second-order valence-electron chi connectivity index (χ2n) is 6.71. The quantitative estimate of drug-likeness (QED) is 0.274. The molecule has 0 bridgehead atoms. The summed E-state index contributed by atoms with van der Waals surface area (Å²) in [5.74, 6) is 0. The van der Waals surface area contributed by atoms with Crippen LogP contribution in [0.2, 0.25) is 18.1 Å². The summed E-state index contributed by atoms with van der Waals surface area (Å²) < 4.78 is 0. The summed E-state index contributed by atoms with van der Waals surface area (Å²) in [5, 5.41) is 24.2. The Hall–Kier alpha value is 0.940. The molecule has 27 heavy (non-hydrogen) atoms. The van der Waals surface area contributed by atoms with E-state index < -0.39 is 8.32 Å². The predicted molar refractivity (Wildman–Crippen MR) is 119 cm³/mol. The molecule has 0 radical (unpaired) electrons. The van der Waals surface area contributed by atoms with Gasteiger partial charge in [-0.2, -0.15) is 0 Å². The fourth-order valence-corrected chi connectivity index (χ4v) is 5.79. The van der Waals surface area contributed by atoms with Crippen LogP contribution in [-0.2, 0) is 26.2 Å². The van der Waals surface area contributed by atoms with Crippen molar-refractivity contribution in [2.24, 2.45) is 0 Å². The fourth-order valence-electron chi connectivity index (χ4n) is 2.25. The maximum absolute atomic E-state index is 10.2. The van der Waals surface area contributed by atoms with Gasteiger partial charge in [0.1, 0.15) is 0 Å². The Balaban J connectivity index is -0.0000000858. The van der Waals surface area contributed by atoms with Crippen LogP contribution in [-0.4, -0.2) is 48.3 Å². The van der Waals surface area contributed by atoms with E-state index in [2.05, 4.69) is 41.5 Å². The molecule has 0 amide bonds. The van der Waals surface area contributed by atoms with E-state index in [1.807, 2.05) is 0 Å². The molecule has 0 fully saturated rings. The minimum Gasteiger partial charge on any atom is -0.432 e. The summed E-state index contributed by atoms with van der Waals surface area (Å²) in [4.78, 5) is 10.2. The number of aliphatic hydroxyl groups is 3. The zero-order valence-electron chi connectivity index (χ0n) is 19.4. The van der Waals surface area contributed by atoms with E-state index in [0.29, 0.717) is 19.8 Å². The Morgan fingerprint density at radius 1 is 0.481 bits per heavy atom. The smallest absolute Gasteiger partial charge is 0.188 e. The van der Waals surface area contributed by atoms with Crippen LogP contribution in [0.5, 0.6) is 0 Å². The van der Waals surface area contributed by atoms with Crippen LogP contribution in [0.3, 0.4) is 0 Å². The molecule has 0 heterocycles. The molecule has 0 rings (SSSR count). The molecule has 4 nitrogen and oxygen atoms in total. The van der Waals surface area contributed by atoms with Crippen molar-refractivity contribution in [3.8, 4) is 0 Å². The third-order valence-electron chi connectivity index (χ3n) is 3.68. The van der Waals surface area contributed by atoms with Gasteiger partial charge in [-0.3, -0.25) is 0 Å². The molecule has 0 atom stereocenters. The zero-order chi connectivity index (χ0) is 21.1. The molecule has 0 aliphatic rings. The minimum atomic E-state index is -1.75. The second-order valence-corrected chi connectivity index (χ2v) is 10.7. The molecule has 0 aliphatic carbocycles. The summed E-state index contributed by atoms with van der Waals surface area (Å²) in [5.41, 5.74) is 0. The Bertz CT molecular complexity index is 173. The van der Waals surface area contributed by atoms with E-state index in [1.54, 1.807) is 0 Å². The van der Waals surface area contributed by atoms with Gasteiger partial charge in [-0.1, -0.05) is 80.1 Å². The zero-order valence-corrected chi connectivity index (χ0v) is 22.9. The first-order valence-electron chi connectivity index (χ1n) is 11.0. The first-order valence-corrected chi connectivity index (χ1v) is 13.5. The summed E-state index contributed by atoms with van der Waals surface area (Å²) in [7, 11) is -1.75. The van der Waals surface area contributed by atoms with Crippen molar-refractivity contribution in [2.75, 3.05) is 19.8 Å². The van der Waals surface area contributed by atoms with E-state index >= 15 is 0 Å². The second kappa shape index (κ2) is 37.7. The van der Waals surface area contributed by atoms with Gasteiger partial charge in [-0.05, 0) is 37.4 Å². The van der Waals surface area contributed by atoms with Crippen LogP contribution < -0.4 is 0 Å². The van der Waals surface area contributed by atoms with Gasteiger partial charge in [0.15, 0.2) is 8.32 Å². The summed E-state index contributed by atoms with van der Waals surface area (Å²) in [6.45, 7) is 13.7. The van der Waals surface area contributed by atoms with Crippen molar-refractivity contribution in [3.63, 3.8) is 0 Å². The number of unbranched alkanes of at least 4 members (excludes halogenated alkanes) is 3. The van der Waals surface area contributed by atoms with Crippen LogP contribution in [0, 0.1) is 0 Å². The average Bonchev–Trinajstić information content (AvgIpc) is 2.59. The Morgan fingerprint density at radius 3 is 0.778 bits per heavy atom. The minimum absolute atomic E-state index is 0. The molecule has 6 heteroatoms. The summed E-state index contributed by atoms with van der Waals surface area (Å²) >= 11 is 0. The third kappa shape index (κ3) is 46.7. The first-order chi connectivity index (χ1) is 12.4. The molecule has 0 unspecified atom stereocenters. The van der Waals surface area contributed by atoms with Crippen molar-refractivity contribution in [1.82, 2.24) is 0 Å². The summed E-state index contributed by atoms with van der Waals surface area (Å²) in [6, 6.07) is 3.32.